The van der Waals surface area contributed by atoms with E-state index in [1.807, 2.05) is 6.92 Å². The van der Waals surface area contributed by atoms with Crippen molar-refractivity contribution in [3.63, 3.8) is 0 Å². The summed E-state index contributed by atoms with van der Waals surface area (Å²) < 4.78 is 5.22. The minimum absolute atomic E-state index is 0.329. The quantitative estimate of drug-likeness (QED) is 0.766. The van der Waals surface area contributed by atoms with Gasteiger partial charge in [0.2, 0.25) is 0 Å². The summed E-state index contributed by atoms with van der Waals surface area (Å²) >= 11 is 0. The number of amides is 1. The third-order valence-electron chi connectivity index (χ3n) is 2.78. The summed E-state index contributed by atoms with van der Waals surface area (Å²) in [5, 5.41) is 9.12. The molecule has 17 heavy (non-hydrogen) atoms. The normalized spacial score (nSPS) is 25.5. The van der Waals surface area contributed by atoms with Crippen LogP contribution in [0.25, 0.3) is 0 Å². The van der Waals surface area contributed by atoms with Gasteiger partial charge in [0.15, 0.2) is 0 Å². The average Bonchev–Trinajstić information content (AvgIpc) is 2.14. The highest BCUT2D eigenvalue weighted by Gasteiger charge is 2.36. The monoisotopic (exact) mass is 243 g/mol. The second-order valence-electron chi connectivity index (χ2n) is 5.66. The van der Waals surface area contributed by atoms with Gasteiger partial charge in [-0.05, 0) is 39.5 Å². The number of piperidine rings is 1. The van der Waals surface area contributed by atoms with Crippen LogP contribution in [0.1, 0.15) is 40.5 Å². The number of carbonyl (C=O) groups excluding carboxylic acids is 1. The lowest BCUT2D eigenvalue weighted by Crippen LogP contribution is -2.51. The van der Waals surface area contributed by atoms with E-state index in [4.69, 9.17) is 9.84 Å². The molecule has 1 amide bonds. The molecule has 1 N–H and O–H groups in total. The lowest BCUT2D eigenvalue weighted by Gasteiger charge is -2.36. The first kappa shape index (κ1) is 13.8. The van der Waals surface area contributed by atoms with Gasteiger partial charge < -0.3 is 9.84 Å². The van der Waals surface area contributed by atoms with Crippen molar-refractivity contribution in [1.82, 2.24) is 4.90 Å². The second kappa shape index (κ2) is 4.94. The Morgan fingerprint density at radius 3 is 2.41 bits per heavy atom. The van der Waals surface area contributed by atoms with Gasteiger partial charge in [0, 0.05) is 6.54 Å². The molecule has 0 aromatic carbocycles. The largest absolute Gasteiger partial charge is 0.480 e. The molecule has 1 aliphatic heterocycles. The molecule has 0 radical (unpaired) electrons. The Morgan fingerprint density at radius 2 is 1.94 bits per heavy atom. The molecule has 0 saturated carbocycles. The van der Waals surface area contributed by atoms with Gasteiger partial charge in [-0.25, -0.2) is 9.59 Å². The van der Waals surface area contributed by atoms with Gasteiger partial charge in [-0.3, -0.25) is 4.90 Å². The molecule has 0 aromatic heterocycles. The summed E-state index contributed by atoms with van der Waals surface area (Å²) in [6.07, 6.45) is 0.786. The summed E-state index contributed by atoms with van der Waals surface area (Å²) in [5.74, 6) is -0.628. The SMILES string of the molecule is C[C@@H]1CCN(C(=O)OC(C)(C)C)[C@H](C(=O)O)C1. The number of rotatable bonds is 1. The third kappa shape index (κ3) is 3.91. The maximum atomic E-state index is 11.9. The summed E-state index contributed by atoms with van der Waals surface area (Å²) in [4.78, 5) is 24.3. The first-order valence-electron chi connectivity index (χ1n) is 5.93. The van der Waals surface area contributed by atoms with Gasteiger partial charge in [-0.15, -0.1) is 0 Å². The van der Waals surface area contributed by atoms with Crippen LogP contribution < -0.4 is 0 Å². The van der Waals surface area contributed by atoms with E-state index in [0.717, 1.165) is 6.42 Å². The lowest BCUT2D eigenvalue weighted by atomic mass is 9.93. The van der Waals surface area contributed by atoms with E-state index in [9.17, 15) is 9.59 Å². The Bertz CT molecular complexity index is 308. The number of likely N-dealkylation sites (tertiary alicyclic amines) is 1. The van der Waals surface area contributed by atoms with Gasteiger partial charge in [0.1, 0.15) is 11.6 Å². The molecule has 5 heteroatoms. The highest BCUT2D eigenvalue weighted by molar-refractivity contribution is 5.80. The molecule has 0 spiro atoms. The molecule has 1 rings (SSSR count). The topological polar surface area (TPSA) is 66.8 Å². The molecular formula is C12H21NO4. The van der Waals surface area contributed by atoms with Crippen molar-refractivity contribution in [2.75, 3.05) is 6.54 Å². The zero-order valence-electron chi connectivity index (χ0n) is 10.9. The summed E-state index contributed by atoms with van der Waals surface area (Å²) in [6, 6.07) is -0.756. The van der Waals surface area contributed by atoms with Crippen molar-refractivity contribution in [2.45, 2.75) is 52.2 Å². The van der Waals surface area contributed by atoms with Crippen molar-refractivity contribution < 1.29 is 19.4 Å². The third-order valence-corrected chi connectivity index (χ3v) is 2.78. The Labute approximate surface area is 102 Å². The lowest BCUT2D eigenvalue weighted by molar-refractivity contribution is -0.145. The van der Waals surface area contributed by atoms with Crippen LogP contribution in [-0.4, -0.2) is 40.3 Å². The maximum absolute atomic E-state index is 11.9. The van der Waals surface area contributed by atoms with Crippen LogP contribution in [0.15, 0.2) is 0 Å². The molecule has 1 fully saturated rings. The van der Waals surface area contributed by atoms with Gasteiger partial charge >= 0.3 is 12.1 Å². The number of carboxylic acid groups (broad SMARTS) is 1. The predicted molar refractivity (Wildman–Crippen MR) is 62.8 cm³/mol. The number of carboxylic acids is 1. The minimum Gasteiger partial charge on any atom is -0.480 e. The fraction of sp³-hybridized carbons (Fsp3) is 0.833. The van der Waals surface area contributed by atoms with Crippen LogP contribution in [0.2, 0.25) is 0 Å². The standard InChI is InChI=1S/C12H21NO4/c1-8-5-6-13(9(7-8)10(14)15)11(16)17-12(2,3)4/h8-9H,5-7H2,1-4H3,(H,14,15)/t8-,9+/m1/s1. The Kier molecular flexibility index (Phi) is 4.01. The zero-order valence-corrected chi connectivity index (χ0v) is 10.9. The van der Waals surface area contributed by atoms with E-state index in [2.05, 4.69) is 0 Å². The number of ether oxygens (including phenoxy) is 1. The summed E-state index contributed by atoms with van der Waals surface area (Å²) in [7, 11) is 0. The van der Waals surface area contributed by atoms with E-state index in [-0.39, 0.29) is 0 Å². The van der Waals surface area contributed by atoms with Crippen molar-refractivity contribution in [1.29, 1.82) is 0 Å². The Balaban J connectivity index is 2.73. The van der Waals surface area contributed by atoms with Gasteiger partial charge in [-0.2, -0.15) is 0 Å². The first-order valence-corrected chi connectivity index (χ1v) is 5.93. The van der Waals surface area contributed by atoms with Crippen molar-refractivity contribution in [3.05, 3.63) is 0 Å². The highest BCUT2D eigenvalue weighted by Crippen LogP contribution is 2.24. The summed E-state index contributed by atoms with van der Waals surface area (Å²) in [5.41, 5.74) is -0.594. The van der Waals surface area contributed by atoms with E-state index in [1.165, 1.54) is 4.90 Å². The fourth-order valence-corrected chi connectivity index (χ4v) is 1.91. The molecule has 0 aliphatic carbocycles. The zero-order chi connectivity index (χ0) is 13.2. The smallest absolute Gasteiger partial charge is 0.411 e. The Hall–Kier alpha value is -1.26. The second-order valence-corrected chi connectivity index (χ2v) is 5.66. The van der Waals surface area contributed by atoms with Crippen molar-refractivity contribution >= 4 is 12.1 Å². The van der Waals surface area contributed by atoms with Crippen molar-refractivity contribution in [2.24, 2.45) is 5.92 Å². The molecule has 98 valence electrons. The minimum atomic E-state index is -0.956. The van der Waals surface area contributed by atoms with Gasteiger partial charge in [0.05, 0.1) is 0 Å². The molecule has 0 aromatic rings. The van der Waals surface area contributed by atoms with Crippen LogP contribution in [0.3, 0.4) is 0 Å². The average molecular weight is 243 g/mol. The van der Waals surface area contributed by atoms with E-state index in [0.29, 0.717) is 18.9 Å². The fourth-order valence-electron chi connectivity index (χ4n) is 1.91. The molecular weight excluding hydrogens is 222 g/mol. The van der Waals surface area contributed by atoms with Crippen molar-refractivity contribution in [3.8, 4) is 0 Å². The molecule has 1 aliphatic rings. The molecule has 5 nitrogen and oxygen atoms in total. The molecule has 0 unspecified atom stereocenters. The van der Waals surface area contributed by atoms with E-state index >= 15 is 0 Å². The number of hydrogen-bond acceptors (Lipinski definition) is 3. The van der Waals surface area contributed by atoms with Gasteiger partial charge in [0.25, 0.3) is 0 Å². The van der Waals surface area contributed by atoms with Crippen LogP contribution in [0.4, 0.5) is 4.79 Å². The van der Waals surface area contributed by atoms with E-state index in [1.54, 1.807) is 20.8 Å². The first-order chi connectivity index (χ1) is 7.70. The van der Waals surface area contributed by atoms with E-state index < -0.39 is 23.7 Å². The molecule has 2 atom stereocenters. The van der Waals surface area contributed by atoms with Crippen LogP contribution in [0.5, 0.6) is 0 Å². The Morgan fingerprint density at radius 1 is 1.35 bits per heavy atom. The number of hydrogen-bond donors (Lipinski definition) is 1. The molecule has 0 bridgehead atoms. The number of aliphatic carboxylic acids is 1. The molecule has 1 heterocycles. The number of carbonyl (C=O) groups is 2. The number of nitrogens with zero attached hydrogens (tertiary/aromatic N) is 1. The van der Waals surface area contributed by atoms with Gasteiger partial charge in [-0.1, -0.05) is 6.92 Å². The van der Waals surface area contributed by atoms with Crippen LogP contribution >= 0.6 is 0 Å². The van der Waals surface area contributed by atoms with Crippen LogP contribution in [0, 0.1) is 5.92 Å². The highest BCUT2D eigenvalue weighted by atomic mass is 16.6. The molecule has 1 saturated heterocycles. The predicted octanol–water partition coefficient (Wildman–Crippen LogP) is 2.11. The van der Waals surface area contributed by atoms with Crippen LogP contribution in [-0.2, 0) is 9.53 Å². The summed E-state index contributed by atoms with van der Waals surface area (Å²) in [6.45, 7) is 7.77. The maximum Gasteiger partial charge on any atom is 0.411 e.